The van der Waals surface area contributed by atoms with Crippen molar-refractivity contribution in [2.75, 3.05) is 26.1 Å². The summed E-state index contributed by atoms with van der Waals surface area (Å²) < 4.78 is 52.4. The Kier molecular flexibility index (Phi) is 10.7. The number of carbonyl (C=O) groups excluding carboxylic acids is 1. The molecule has 0 spiro atoms. The van der Waals surface area contributed by atoms with Crippen molar-refractivity contribution in [3.05, 3.63) is 48.0 Å². The maximum absolute atomic E-state index is 13.9. The third kappa shape index (κ3) is 8.51. The molecule has 3 atom stereocenters. The molecular formula is C26H36F3N3O4. The number of ether oxygens (including phenoxy) is 2. The van der Waals surface area contributed by atoms with E-state index < -0.39 is 24.2 Å². The molecule has 1 amide bonds. The van der Waals surface area contributed by atoms with E-state index in [1.807, 2.05) is 20.8 Å². The molecule has 0 aliphatic carbocycles. The predicted octanol–water partition coefficient (Wildman–Crippen LogP) is 5.02. The molecule has 200 valence electrons. The van der Waals surface area contributed by atoms with E-state index in [2.05, 4.69) is 16.0 Å². The minimum absolute atomic E-state index is 0.0243. The number of amides is 1. The monoisotopic (exact) mass is 511 g/mol. The van der Waals surface area contributed by atoms with E-state index in [-0.39, 0.29) is 29.7 Å². The van der Waals surface area contributed by atoms with E-state index in [1.54, 1.807) is 25.3 Å². The van der Waals surface area contributed by atoms with Gasteiger partial charge in [-0.1, -0.05) is 32.9 Å². The fourth-order valence-corrected chi connectivity index (χ4v) is 3.75. The SMILES string of the molecule is CC[C@@H](CNc1ccc(OC)cc1OC)NC(=O)C(CC(C)C)N[C@@H](c1ccc(O)cc1)C(F)(F)F. The molecule has 0 heterocycles. The van der Waals surface area contributed by atoms with Gasteiger partial charge in [0.2, 0.25) is 5.91 Å². The largest absolute Gasteiger partial charge is 0.508 e. The van der Waals surface area contributed by atoms with Gasteiger partial charge < -0.3 is 25.2 Å². The van der Waals surface area contributed by atoms with Crippen molar-refractivity contribution < 1.29 is 32.5 Å². The number of carbonyl (C=O) groups is 1. The molecule has 2 rings (SSSR count). The van der Waals surface area contributed by atoms with Crippen LogP contribution in [0.4, 0.5) is 18.9 Å². The highest BCUT2D eigenvalue weighted by Crippen LogP contribution is 2.34. The molecule has 0 fully saturated rings. The number of hydrogen-bond acceptors (Lipinski definition) is 6. The highest BCUT2D eigenvalue weighted by Gasteiger charge is 2.43. The van der Waals surface area contributed by atoms with Crippen molar-refractivity contribution in [2.45, 2.75) is 57.9 Å². The molecule has 2 aromatic carbocycles. The van der Waals surface area contributed by atoms with Crippen LogP contribution in [-0.4, -0.2) is 50.0 Å². The molecule has 0 saturated carbocycles. The summed E-state index contributed by atoms with van der Waals surface area (Å²) in [4.78, 5) is 13.2. The van der Waals surface area contributed by atoms with Gasteiger partial charge in [0, 0.05) is 18.7 Å². The Morgan fingerprint density at radius 3 is 2.25 bits per heavy atom. The quantitative estimate of drug-likeness (QED) is 0.302. The molecule has 0 aromatic heterocycles. The zero-order valence-corrected chi connectivity index (χ0v) is 21.3. The topological polar surface area (TPSA) is 91.8 Å². The lowest BCUT2D eigenvalue weighted by molar-refractivity contribution is -0.161. The van der Waals surface area contributed by atoms with Crippen LogP contribution in [0.3, 0.4) is 0 Å². The summed E-state index contributed by atoms with van der Waals surface area (Å²) in [7, 11) is 3.09. The first-order valence-electron chi connectivity index (χ1n) is 11.9. The summed E-state index contributed by atoms with van der Waals surface area (Å²) >= 11 is 0. The molecule has 0 saturated heterocycles. The van der Waals surface area contributed by atoms with Gasteiger partial charge in [0.25, 0.3) is 0 Å². The summed E-state index contributed by atoms with van der Waals surface area (Å²) in [5.41, 5.74) is 0.620. The van der Waals surface area contributed by atoms with Gasteiger partial charge in [0.15, 0.2) is 0 Å². The van der Waals surface area contributed by atoms with E-state index in [0.29, 0.717) is 30.2 Å². The van der Waals surface area contributed by atoms with Crippen LogP contribution in [-0.2, 0) is 4.79 Å². The van der Waals surface area contributed by atoms with Crippen LogP contribution in [0.1, 0.15) is 45.2 Å². The molecule has 7 nitrogen and oxygen atoms in total. The van der Waals surface area contributed by atoms with Crippen LogP contribution in [0.25, 0.3) is 0 Å². The average Bonchev–Trinajstić information content (AvgIpc) is 2.83. The number of benzene rings is 2. The zero-order chi connectivity index (χ0) is 26.9. The van der Waals surface area contributed by atoms with Crippen molar-refractivity contribution in [1.29, 1.82) is 0 Å². The molecule has 0 aliphatic heterocycles. The number of phenols is 1. The molecule has 10 heteroatoms. The van der Waals surface area contributed by atoms with Crippen molar-refractivity contribution >= 4 is 11.6 Å². The van der Waals surface area contributed by atoms with Gasteiger partial charge in [-0.3, -0.25) is 10.1 Å². The molecule has 36 heavy (non-hydrogen) atoms. The van der Waals surface area contributed by atoms with Gasteiger partial charge >= 0.3 is 6.18 Å². The average molecular weight is 512 g/mol. The van der Waals surface area contributed by atoms with E-state index in [1.165, 1.54) is 31.4 Å². The van der Waals surface area contributed by atoms with Gasteiger partial charge in [-0.25, -0.2) is 0 Å². The second-order valence-electron chi connectivity index (χ2n) is 8.98. The first-order chi connectivity index (χ1) is 17.0. The molecule has 1 unspecified atom stereocenters. The Morgan fingerprint density at radius 2 is 1.72 bits per heavy atom. The van der Waals surface area contributed by atoms with Crippen molar-refractivity contribution in [3.8, 4) is 17.2 Å². The van der Waals surface area contributed by atoms with Crippen LogP contribution in [0, 0.1) is 5.92 Å². The number of anilines is 1. The number of halogens is 3. The van der Waals surface area contributed by atoms with Gasteiger partial charge in [0.1, 0.15) is 23.3 Å². The number of hydrogen-bond donors (Lipinski definition) is 4. The van der Waals surface area contributed by atoms with Gasteiger partial charge in [-0.2, -0.15) is 13.2 Å². The number of phenolic OH excluding ortho intramolecular Hbond substituents is 1. The highest BCUT2D eigenvalue weighted by molar-refractivity contribution is 5.82. The number of methoxy groups -OCH3 is 2. The second kappa shape index (κ2) is 13.2. The normalized spacial score (nSPS) is 14.1. The summed E-state index contributed by atoms with van der Waals surface area (Å²) in [6.45, 7) is 5.93. The van der Waals surface area contributed by atoms with Crippen LogP contribution in [0.5, 0.6) is 17.2 Å². The molecule has 0 radical (unpaired) electrons. The minimum Gasteiger partial charge on any atom is -0.508 e. The lowest BCUT2D eigenvalue weighted by atomic mass is 9.99. The number of nitrogens with one attached hydrogen (secondary N) is 3. The minimum atomic E-state index is -4.64. The molecular weight excluding hydrogens is 475 g/mol. The van der Waals surface area contributed by atoms with Crippen LogP contribution in [0.15, 0.2) is 42.5 Å². The summed E-state index contributed by atoms with van der Waals surface area (Å²) in [5.74, 6) is 0.531. The first-order valence-corrected chi connectivity index (χ1v) is 11.9. The Labute approximate surface area is 210 Å². The highest BCUT2D eigenvalue weighted by atomic mass is 19.4. The van der Waals surface area contributed by atoms with E-state index in [9.17, 15) is 23.1 Å². The van der Waals surface area contributed by atoms with Gasteiger partial charge in [-0.05, 0) is 48.6 Å². The van der Waals surface area contributed by atoms with Crippen molar-refractivity contribution in [3.63, 3.8) is 0 Å². The standard InChI is InChI=1S/C26H36F3N3O4/c1-6-18(15-30-21-12-11-20(35-4)14-23(21)36-5)31-25(34)22(13-16(2)3)32-24(26(27,28)29)17-7-9-19(33)10-8-17/h7-12,14,16,18,22,24,30,32-33H,6,13,15H2,1-5H3,(H,31,34)/t18-,22?,24-/m0/s1. The van der Waals surface area contributed by atoms with Crippen LogP contribution in [0.2, 0.25) is 0 Å². The molecule has 0 bridgehead atoms. The first kappa shape index (κ1) is 29.1. The van der Waals surface area contributed by atoms with Gasteiger partial charge in [0.05, 0.1) is 25.9 Å². The van der Waals surface area contributed by atoms with E-state index in [4.69, 9.17) is 9.47 Å². The maximum Gasteiger partial charge on any atom is 0.407 e. The summed E-state index contributed by atoms with van der Waals surface area (Å²) in [5, 5.41) is 18.1. The van der Waals surface area contributed by atoms with Crippen molar-refractivity contribution in [1.82, 2.24) is 10.6 Å². The Morgan fingerprint density at radius 1 is 1.06 bits per heavy atom. The second-order valence-corrected chi connectivity index (χ2v) is 8.98. The Bertz CT molecular complexity index is 968. The zero-order valence-electron chi connectivity index (χ0n) is 21.3. The fraction of sp³-hybridized carbons (Fsp3) is 0.500. The fourth-order valence-electron chi connectivity index (χ4n) is 3.75. The predicted molar refractivity (Wildman–Crippen MR) is 134 cm³/mol. The molecule has 4 N–H and O–H groups in total. The Hall–Kier alpha value is -3.14. The molecule has 2 aromatic rings. The number of alkyl halides is 3. The maximum atomic E-state index is 13.9. The lowest BCUT2D eigenvalue weighted by Crippen LogP contribution is -2.52. The summed E-state index contributed by atoms with van der Waals surface area (Å²) in [6, 6.07) is 6.61. The van der Waals surface area contributed by atoms with E-state index in [0.717, 1.165) is 0 Å². The van der Waals surface area contributed by atoms with Gasteiger partial charge in [-0.15, -0.1) is 0 Å². The smallest absolute Gasteiger partial charge is 0.407 e. The number of aromatic hydroxyl groups is 1. The summed E-state index contributed by atoms with van der Waals surface area (Å²) in [6.07, 6.45) is -3.86. The molecule has 0 aliphatic rings. The Balaban J connectivity index is 2.15. The van der Waals surface area contributed by atoms with Crippen LogP contribution >= 0.6 is 0 Å². The third-order valence-electron chi connectivity index (χ3n) is 5.73. The third-order valence-corrected chi connectivity index (χ3v) is 5.73. The van der Waals surface area contributed by atoms with E-state index >= 15 is 0 Å². The van der Waals surface area contributed by atoms with Crippen molar-refractivity contribution in [2.24, 2.45) is 5.92 Å². The van der Waals surface area contributed by atoms with Crippen LogP contribution < -0.4 is 25.4 Å². The number of rotatable bonds is 13. The lowest BCUT2D eigenvalue weighted by Gasteiger charge is -2.30.